The fourth-order valence-corrected chi connectivity index (χ4v) is 3.35. The largest absolute Gasteiger partial charge is 0.480 e. The zero-order chi connectivity index (χ0) is 17.1. The number of carboxylic acids is 1. The second kappa shape index (κ2) is 7.09. The number of nitrogens with zero attached hydrogens (tertiary/aromatic N) is 2. The molecule has 1 saturated heterocycles. The summed E-state index contributed by atoms with van der Waals surface area (Å²) in [5, 5.41) is 9.62. The standard InChI is InChI=1S/C19H21FN2O2/c1-13-5-10-16(21-12-13)18(14-6-8-15(20)9-7-14)22-11-3-2-4-17(22)19(23)24/h5-10,12,17-18H,2-4,11H2,1H3,(H,23,24). The van der Waals surface area contributed by atoms with Crippen LogP contribution in [0.4, 0.5) is 4.39 Å². The van der Waals surface area contributed by atoms with Crippen LogP contribution in [0.25, 0.3) is 0 Å². The molecule has 2 atom stereocenters. The van der Waals surface area contributed by atoms with E-state index in [0.717, 1.165) is 29.7 Å². The maximum absolute atomic E-state index is 13.3. The molecule has 126 valence electrons. The van der Waals surface area contributed by atoms with Gasteiger partial charge in [-0.2, -0.15) is 0 Å². The van der Waals surface area contributed by atoms with E-state index in [1.807, 2.05) is 24.0 Å². The van der Waals surface area contributed by atoms with Crippen LogP contribution in [0.3, 0.4) is 0 Å². The Bertz CT molecular complexity index is 655. The molecular weight excluding hydrogens is 307 g/mol. The van der Waals surface area contributed by atoms with Crippen LogP contribution in [0.1, 0.15) is 42.1 Å². The van der Waals surface area contributed by atoms with Crippen LogP contribution >= 0.6 is 0 Å². The third kappa shape index (κ3) is 3.46. The number of aromatic nitrogens is 1. The first-order valence-corrected chi connectivity index (χ1v) is 8.23. The Kier molecular flexibility index (Phi) is 4.90. The van der Waals surface area contributed by atoms with Gasteiger partial charge in [-0.1, -0.05) is 24.6 Å². The first kappa shape index (κ1) is 16.6. The maximum Gasteiger partial charge on any atom is 0.320 e. The molecule has 0 aliphatic carbocycles. The number of hydrogen-bond donors (Lipinski definition) is 1. The molecule has 0 saturated carbocycles. The van der Waals surface area contributed by atoms with Gasteiger partial charge in [0.15, 0.2) is 0 Å². The number of benzene rings is 1. The molecule has 2 heterocycles. The number of piperidine rings is 1. The van der Waals surface area contributed by atoms with Crippen molar-refractivity contribution in [1.82, 2.24) is 9.88 Å². The van der Waals surface area contributed by atoms with Gasteiger partial charge in [-0.05, 0) is 55.6 Å². The summed E-state index contributed by atoms with van der Waals surface area (Å²) < 4.78 is 13.3. The molecule has 1 aliphatic rings. The van der Waals surface area contributed by atoms with Crippen LogP contribution in [-0.4, -0.2) is 33.5 Å². The molecule has 1 fully saturated rings. The molecular formula is C19H21FN2O2. The van der Waals surface area contributed by atoms with Gasteiger partial charge in [-0.15, -0.1) is 0 Å². The lowest BCUT2D eigenvalue weighted by Crippen LogP contribution is -2.47. The lowest BCUT2D eigenvalue weighted by Gasteiger charge is -2.39. The van der Waals surface area contributed by atoms with Gasteiger partial charge >= 0.3 is 5.97 Å². The van der Waals surface area contributed by atoms with Gasteiger partial charge in [-0.25, -0.2) is 4.39 Å². The van der Waals surface area contributed by atoms with E-state index in [9.17, 15) is 14.3 Å². The maximum atomic E-state index is 13.3. The predicted molar refractivity (Wildman–Crippen MR) is 89.2 cm³/mol. The molecule has 1 N–H and O–H groups in total. The number of pyridine rings is 1. The first-order chi connectivity index (χ1) is 11.6. The highest BCUT2D eigenvalue weighted by Crippen LogP contribution is 2.33. The molecule has 1 aromatic heterocycles. The van der Waals surface area contributed by atoms with E-state index in [1.54, 1.807) is 18.3 Å². The van der Waals surface area contributed by atoms with E-state index < -0.39 is 12.0 Å². The number of halogens is 1. The highest BCUT2D eigenvalue weighted by Gasteiger charge is 2.35. The number of aliphatic carboxylic acids is 1. The van der Waals surface area contributed by atoms with Crippen LogP contribution in [0.2, 0.25) is 0 Å². The second-order valence-electron chi connectivity index (χ2n) is 6.30. The Morgan fingerprint density at radius 2 is 2.00 bits per heavy atom. The first-order valence-electron chi connectivity index (χ1n) is 8.23. The van der Waals surface area contributed by atoms with Crippen molar-refractivity contribution in [1.29, 1.82) is 0 Å². The Labute approximate surface area is 141 Å². The minimum atomic E-state index is -0.811. The van der Waals surface area contributed by atoms with Crippen molar-refractivity contribution in [2.75, 3.05) is 6.54 Å². The summed E-state index contributed by atoms with van der Waals surface area (Å²) in [4.78, 5) is 18.2. The van der Waals surface area contributed by atoms with Gasteiger partial charge in [0.1, 0.15) is 11.9 Å². The monoisotopic (exact) mass is 328 g/mol. The zero-order valence-corrected chi connectivity index (χ0v) is 13.7. The van der Waals surface area contributed by atoms with Gasteiger partial charge in [0.05, 0.1) is 11.7 Å². The minimum absolute atomic E-state index is 0.285. The Morgan fingerprint density at radius 1 is 1.25 bits per heavy atom. The third-order valence-corrected chi connectivity index (χ3v) is 4.56. The van der Waals surface area contributed by atoms with Crippen molar-refractivity contribution in [3.05, 3.63) is 65.2 Å². The van der Waals surface area contributed by atoms with Crippen molar-refractivity contribution < 1.29 is 14.3 Å². The number of likely N-dealkylation sites (tertiary alicyclic amines) is 1. The van der Waals surface area contributed by atoms with E-state index in [1.165, 1.54) is 12.1 Å². The van der Waals surface area contributed by atoms with Gasteiger partial charge in [0, 0.05) is 6.20 Å². The average Bonchev–Trinajstić information content (AvgIpc) is 2.59. The van der Waals surface area contributed by atoms with Crippen LogP contribution in [0.15, 0.2) is 42.6 Å². The molecule has 0 radical (unpaired) electrons. The van der Waals surface area contributed by atoms with Gasteiger partial charge in [0.25, 0.3) is 0 Å². The van der Waals surface area contributed by atoms with E-state index in [-0.39, 0.29) is 11.9 Å². The molecule has 3 rings (SSSR count). The minimum Gasteiger partial charge on any atom is -0.480 e. The summed E-state index contributed by atoms with van der Waals surface area (Å²) in [7, 11) is 0. The average molecular weight is 328 g/mol. The van der Waals surface area contributed by atoms with Crippen molar-refractivity contribution in [3.63, 3.8) is 0 Å². The Hall–Kier alpha value is -2.27. The molecule has 24 heavy (non-hydrogen) atoms. The van der Waals surface area contributed by atoms with Crippen molar-refractivity contribution in [3.8, 4) is 0 Å². The van der Waals surface area contributed by atoms with E-state index in [0.29, 0.717) is 13.0 Å². The number of rotatable bonds is 4. The van der Waals surface area contributed by atoms with E-state index in [4.69, 9.17) is 0 Å². The quantitative estimate of drug-likeness (QED) is 0.932. The van der Waals surface area contributed by atoms with Crippen molar-refractivity contribution in [2.24, 2.45) is 0 Å². The van der Waals surface area contributed by atoms with Crippen molar-refractivity contribution in [2.45, 2.75) is 38.3 Å². The summed E-state index contributed by atoms with van der Waals surface area (Å²) in [6.07, 6.45) is 4.27. The van der Waals surface area contributed by atoms with Crippen LogP contribution < -0.4 is 0 Å². The third-order valence-electron chi connectivity index (χ3n) is 4.56. The topological polar surface area (TPSA) is 53.4 Å². The fraction of sp³-hybridized carbons (Fsp3) is 0.368. The molecule has 0 bridgehead atoms. The molecule has 2 unspecified atom stereocenters. The summed E-state index contributed by atoms with van der Waals surface area (Å²) >= 11 is 0. The molecule has 4 nitrogen and oxygen atoms in total. The molecule has 5 heteroatoms. The highest BCUT2D eigenvalue weighted by molar-refractivity contribution is 5.73. The zero-order valence-electron chi connectivity index (χ0n) is 13.7. The molecule has 2 aromatic rings. The summed E-state index contributed by atoms with van der Waals surface area (Å²) in [6.45, 7) is 2.65. The van der Waals surface area contributed by atoms with E-state index in [2.05, 4.69) is 4.98 Å². The fourth-order valence-electron chi connectivity index (χ4n) is 3.35. The molecule has 0 amide bonds. The highest BCUT2D eigenvalue weighted by atomic mass is 19.1. The van der Waals surface area contributed by atoms with Gasteiger partial charge < -0.3 is 5.11 Å². The lowest BCUT2D eigenvalue weighted by atomic mass is 9.94. The van der Waals surface area contributed by atoms with Gasteiger partial charge in [0.2, 0.25) is 0 Å². The molecule has 1 aliphatic heterocycles. The molecule has 0 spiro atoms. The summed E-state index contributed by atoms with van der Waals surface area (Å²) in [5.41, 5.74) is 2.70. The molecule has 1 aromatic carbocycles. The Morgan fingerprint density at radius 3 is 2.62 bits per heavy atom. The second-order valence-corrected chi connectivity index (χ2v) is 6.30. The smallest absolute Gasteiger partial charge is 0.320 e. The number of carbonyl (C=O) groups is 1. The van der Waals surface area contributed by atoms with Crippen LogP contribution in [-0.2, 0) is 4.79 Å². The van der Waals surface area contributed by atoms with Crippen LogP contribution in [0, 0.1) is 12.7 Å². The van der Waals surface area contributed by atoms with E-state index >= 15 is 0 Å². The summed E-state index contributed by atoms with van der Waals surface area (Å²) in [5.74, 6) is -1.11. The Balaban J connectivity index is 2.05. The predicted octanol–water partition coefficient (Wildman–Crippen LogP) is 3.56. The van der Waals surface area contributed by atoms with Crippen molar-refractivity contribution >= 4 is 5.97 Å². The van der Waals surface area contributed by atoms with Gasteiger partial charge in [-0.3, -0.25) is 14.7 Å². The lowest BCUT2D eigenvalue weighted by molar-refractivity contribution is -0.145. The normalized spacial score (nSPS) is 19.8. The number of carboxylic acid groups (broad SMARTS) is 1. The number of hydrogen-bond acceptors (Lipinski definition) is 3. The van der Waals surface area contributed by atoms with Crippen LogP contribution in [0.5, 0.6) is 0 Å². The summed E-state index contributed by atoms with van der Waals surface area (Å²) in [6, 6.07) is 9.33. The number of aryl methyl sites for hydroxylation is 1. The SMILES string of the molecule is Cc1ccc(C(c2ccc(F)cc2)N2CCCCC2C(=O)O)nc1.